The molecule has 0 unspecified atom stereocenters. The predicted molar refractivity (Wildman–Crippen MR) is 99.8 cm³/mol. The molecule has 0 saturated carbocycles. The van der Waals surface area contributed by atoms with Gasteiger partial charge >= 0.3 is 6.03 Å². The molecule has 136 valence electrons. The minimum Gasteiger partial charge on any atom is -0.378 e. The van der Waals surface area contributed by atoms with Gasteiger partial charge in [-0.2, -0.15) is 0 Å². The van der Waals surface area contributed by atoms with Gasteiger partial charge in [-0.15, -0.1) is 0 Å². The van der Waals surface area contributed by atoms with E-state index in [0.29, 0.717) is 31.9 Å². The van der Waals surface area contributed by atoms with Crippen LogP contribution in [0.2, 0.25) is 0 Å². The van der Waals surface area contributed by atoms with Crippen LogP contribution in [0.15, 0.2) is 66.1 Å². The lowest BCUT2D eigenvalue weighted by atomic mass is 10.00. The van der Waals surface area contributed by atoms with Crippen LogP contribution in [0, 0.1) is 0 Å². The van der Waals surface area contributed by atoms with Gasteiger partial charge in [0.2, 0.25) is 0 Å². The van der Waals surface area contributed by atoms with E-state index in [1.165, 1.54) is 4.90 Å². The smallest absolute Gasteiger partial charge is 0.331 e. The first kappa shape index (κ1) is 18.2. The number of rotatable bonds is 4. The van der Waals surface area contributed by atoms with Gasteiger partial charge in [-0.05, 0) is 11.1 Å². The highest BCUT2D eigenvalue weighted by Crippen LogP contribution is 2.24. The molecule has 1 saturated heterocycles. The summed E-state index contributed by atoms with van der Waals surface area (Å²) in [6.07, 6.45) is 0. The molecule has 1 fully saturated rings. The molecule has 0 atom stereocenters. The number of amides is 2. The molecule has 0 aromatic heterocycles. The van der Waals surface area contributed by atoms with E-state index in [2.05, 4.69) is 4.72 Å². The van der Waals surface area contributed by atoms with Crippen LogP contribution in [0.3, 0.4) is 0 Å². The molecular weight excluding hydrogens is 352 g/mol. The topological polar surface area (TPSA) is 75.7 Å². The summed E-state index contributed by atoms with van der Waals surface area (Å²) in [5, 5.41) is 1.11. The first-order valence-corrected chi connectivity index (χ1v) is 9.82. The van der Waals surface area contributed by atoms with Gasteiger partial charge in [-0.25, -0.2) is 17.9 Å². The number of benzene rings is 2. The van der Waals surface area contributed by atoms with Crippen molar-refractivity contribution in [1.29, 1.82) is 0 Å². The van der Waals surface area contributed by atoms with E-state index in [1.807, 2.05) is 60.7 Å². The fraction of sp³-hybridized carbons (Fsp3) is 0.211. The van der Waals surface area contributed by atoms with Crippen molar-refractivity contribution in [3.63, 3.8) is 0 Å². The third kappa shape index (κ3) is 4.71. The zero-order valence-electron chi connectivity index (χ0n) is 14.2. The Hall–Kier alpha value is -2.64. The Kier molecular flexibility index (Phi) is 5.70. The minimum atomic E-state index is -3.97. The van der Waals surface area contributed by atoms with Crippen molar-refractivity contribution < 1.29 is 17.9 Å². The Morgan fingerprint density at radius 1 is 0.923 bits per heavy atom. The maximum Gasteiger partial charge on any atom is 0.331 e. The van der Waals surface area contributed by atoms with Crippen molar-refractivity contribution in [2.45, 2.75) is 0 Å². The molecule has 0 bridgehead atoms. The first-order valence-electron chi connectivity index (χ1n) is 8.27. The maximum absolute atomic E-state index is 12.6. The summed E-state index contributed by atoms with van der Waals surface area (Å²) in [4.78, 5) is 13.6. The lowest BCUT2D eigenvalue weighted by Gasteiger charge is -2.26. The number of hydrogen-bond acceptors (Lipinski definition) is 4. The summed E-state index contributed by atoms with van der Waals surface area (Å²) in [6, 6.07) is 17.8. The van der Waals surface area contributed by atoms with Gasteiger partial charge in [0, 0.05) is 18.7 Å². The van der Waals surface area contributed by atoms with Crippen LogP contribution >= 0.6 is 0 Å². The number of carbonyl (C=O) groups excluding carboxylic acids is 1. The van der Waals surface area contributed by atoms with Crippen molar-refractivity contribution >= 4 is 21.6 Å². The van der Waals surface area contributed by atoms with E-state index in [-0.39, 0.29) is 0 Å². The van der Waals surface area contributed by atoms with Gasteiger partial charge in [-0.3, -0.25) is 0 Å². The molecule has 2 amide bonds. The number of sulfonamides is 1. The fourth-order valence-corrected chi connectivity index (χ4v) is 3.69. The second-order valence-corrected chi connectivity index (χ2v) is 7.35. The second kappa shape index (κ2) is 8.16. The molecule has 0 radical (unpaired) electrons. The SMILES string of the molecule is O=C(NS(=O)(=O)C=C(c1ccccc1)c1ccccc1)N1CCOCC1. The van der Waals surface area contributed by atoms with E-state index >= 15 is 0 Å². The average Bonchev–Trinajstić information content (AvgIpc) is 2.68. The van der Waals surface area contributed by atoms with Crippen molar-refractivity contribution in [2.75, 3.05) is 26.3 Å². The standard InChI is InChI=1S/C19H20N2O4S/c22-19(21-11-13-25-14-12-21)20-26(23,24)15-18(16-7-3-1-4-8-16)17-9-5-2-6-10-17/h1-10,15H,11-14H2,(H,20,22). The fourth-order valence-electron chi connectivity index (χ4n) is 2.68. The highest BCUT2D eigenvalue weighted by molar-refractivity contribution is 7.93. The quantitative estimate of drug-likeness (QED) is 0.894. The van der Waals surface area contributed by atoms with Gasteiger partial charge in [0.1, 0.15) is 0 Å². The highest BCUT2D eigenvalue weighted by Gasteiger charge is 2.21. The van der Waals surface area contributed by atoms with Crippen LogP contribution in [0.4, 0.5) is 4.79 Å². The number of urea groups is 1. The molecule has 1 aliphatic heterocycles. The molecule has 2 aromatic carbocycles. The van der Waals surface area contributed by atoms with Gasteiger partial charge in [0.05, 0.1) is 18.6 Å². The number of nitrogens with zero attached hydrogens (tertiary/aromatic N) is 1. The van der Waals surface area contributed by atoms with Crippen molar-refractivity contribution in [3.05, 3.63) is 77.2 Å². The zero-order valence-corrected chi connectivity index (χ0v) is 15.0. The first-order chi connectivity index (χ1) is 12.6. The Morgan fingerprint density at radius 3 is 1.92 bits per heavy atom. The monoisotopic (exact) mass is 372 g/mol. The molecule has 7 heteroatoms. The predicted octanol–water partition coefficient (Wildman–Crippen LogP) is 2.45. The van der Waals surface area contributed by atoms with E-state index in [9.17, 15) is 13.2 Å². The number of carbonyl (C=O) groups is 1. The van der Waals surface area contributed by atoms with Crippen molar-refractivity contribution in [1.82, 2.24) is 9.62 Å². The Labute approximate surface area is 153 Å². The Bertz CT molecular complexity index is 833. The number of morpholine rings is 1. The maximum atomic E-state index is 12.6. The summed E-state index contributed by atoms with van der Waals surface area (Å²) in [6.45, 7) is 1.55. The Balaban J connectivity index is 1.90. The minimum absolute atomic E-state index is 0.370. The highest BCUT2D eigenvalue weighted by atomic mass is 32.2. The van der Waals surface area contributed by atoms with Crippen LogP contribution in [-0.4, -0.2) is 45.7 Å². The van der Waals surface area contributed by atoms with E-state index in [0.717, 1.165) is 16.5 Å². The zero-order chi connectivity index (χ0) is 18.4. The summed E-state index contributed by atoms with van der Waals surface area (Å²) in [5.74, 6) is 0. The molecule has 2 aromatic rings. The molecule has 1 N–H and O–H groups in total. The van der Waals surface area contributed by atoms with Gasteiger partial charge in [0.15, 0.2) is 0 Å². The largest absolute Gasteiger partial charge is 0.378 e. The number of nitrogens with one attached hydrogen (secondary N) is 1. The molecular formula is C19H20N2O4S. The third-order valence-electron chi connectivity index (χ3n) is 3.97. The molecule has 0 aliphatic carbocycles. The lowest BCUT2D eigenvalue weighted by molar-refractivity contribution is 0.0545. The van der Waals surface area contributed by atoms with Gasteiger partial charge in [0.25, 0.3) is 10.0 Å². The van der Waals surface area contributed by atoms with E-state index < -0.39 is 16.1 Å². The molecule has 0 spiro atoms. The van der Waals surface area contributed by atoms with Crippen molar-refractivity contribution in [3.8, 4) is 0 Å². The Morgan fingerprint density at radius 2 is 1.42 bits per heavy atom. The normalized spacial score (nSPS) is 14.5. The average molecular weight is 372 g/mol. The lowest BCUT2D eigenvalue weighted by Crippen LogP contribution is -2.47. The van der Waals surface area contributed by atoms with Crippen LogP contribution in [0.25, 0.3) is 5.57 Å². The third-order valence-corrected chi connectivity index (χ3v) is 4.98. The van der Waals surface area contributed by atoms with Crippen LogP contribution < -0.4 is 4.72 Å². The summed E-state index contributed by atoms with van der Waals surface area (Å²) in [5.41, 5.74) is 2.03. The summed E-state index contributed by atoms with van der Waals surface area (Å²) >= 11 is 0. The molecule has 6 nitrogen and oxygen atoms in total. The van der Waals surface area contributed by atoms with Crippen molar-refractivity contribution in [2.24, 2.45) is 0 Å². The molecule has 1 heterocycles. The van der Waals surface area contributed by atoms with Crippen LogP contribution in [0.1, 0.15) is 11.1 Å². The number of ether oxygens (including phenoxy) is 1. The summed E-state index contributed by atoms with van der Waals surface area (Å²) in [7, 11) is -3.97. The summed E-state index contributed by atoms with van der Waals surface area (Å²) < 4.78 is 32.4. The molecule has 1 aliphatic rings. The van der Waals surface area contributed by atoms with Gasteiger partial charge in [-0.1, -0.05) is 60.7 Å². The molecule has 26 heavy (non-hydrogen) atoms. The van der Waals surface area contributed by atoms with E-state index in [1.54, 1.807) is 0 Å². The number of hydrogen-bond donors (Lipinski definition) is 1. The second-order valence-electron chi connectivity index (χ2n) is 5.82. The van der Waals surface area contributed by atoms with Crippen LogP contribution in [0.5, 0.6) is 0 Å². The molecule has 3 rings (SSSR count). The van der Waals surface area contributed by atoms with Crippen LogP contribution in [-0.2, 0) is 14.8 Å². The van der Waals surface area contributed by atoms with E-state index in [4.69, 9.17) is 4.74 Å². The van der Waals surface area contributed by atoms with Gasteiger partial charge < -0.3 is 9.64 Å².